The summed E-state index contributed by atoms with van der Waals surface area (Å²) >= 11 is 0. The number of aliphatic hydroxyl groups excluding tert-OH is 1. The molecular weight excluding hydrogens is 186 g/mol. The largest absolute Gasteiger partial charge is 0.396 e. The van der Waals surface area contributed by atoms with E-state index in [1.54, 1.807) is 0 Å². The smallest absolute Gasteiger partial charge is 0.0431 e. The van der Waals surface area contributed by atoms with E-state index in [2.05, 4.69) is 39.9 Å². The molecule has 0 saturated heterocycles. The fourth-order valence-corrected chi connectivity index (χ4v) is 2.23. The van der Waals surface area contributed by atoms with Gasteiger partial charge in [0.25, 0.3) is 0 Å². The van der Waals surface area contributed by atoms with Gasteiger partial charge in [-0.05, 0) is 51.5 Å². The van der Waals surface area contributed by atoms with Gasteiger partial charge in [0.1, 0.15) is 0 Å². The molecule has 15 heavy (non-hydrogen) atoms. The van der Waals surface area contributed by atoms with Gasteiger partial charge in [-0.3, -0.25) is 0 Å². The molecule has 92 valence electrons. The van der Waals surface area contributed by atoms with Gasteiger partial charge in [0, 0.05) is 12.1 Å². The second kappa shape index (κ2) is 6.49. The van der Waals surface area contributed by atoms with E-state index in [4.69, 9.17) is 5.11 Å². The van der Waals surface area contributed by atoms with Crippen LogP contribution >= 0.6 is 0 Å². The van der Waals surface area contributed by atoms with Gasteiger partial charge in [-0.25, -0.2) is 0 Å². The summed E-state index contributed by atoms with van der Waals surface area (Å²) in [6.07, 6.45) is 4.39. The summed E-state index contributed by atoms with van der Waals surface area (Å²) in [6.45, 7) is 12.8. The normalized spacial score (nSPS) is 13.2. The second-order valence-corrected chi connectivity index (χ2v) is 6.33. The molecule has 0 rings (SSSR count). The Morgan fingerprint density at radius 3 is 2.00 bits per heavy atom. The fourth-order valence-electron chi connectivity index (χ4n) is 2.23. The van der Waals surface area contributed by atoms with E-state index in [0.717, 1.165) is 25.8 Å². The monoisotopic (exact) mass is 215 g/mol. The highest BCUT2D eigenvalue weighted by Crippen LogP contribution is 2.26. The summed E-state index contributed by atoms with van der Waals surface area (Å²) in [4.78, 5) is 0. The molecule has 0 aromatic rings. The van der Waals surface area contributed by atoms with Crippen molar-refractivity contribution in [2.75, 3.05) is 13.2 Å². The van der Waals surface area contributed by atoms with Crippen molar-refractivity contribution in [1.29, 1.82) is 0 Å². The Hall–Kier alpha value is -0.0800. The zero-order valence-electron chi connectivity index (χ0n) is 11.2. The molecule has 2 nitrogen and oxygen atoms in total. The van der Waals surface area contributed by atoms with E-state index in [1.165, 1.54) is 6.42 Å². The molecular formula is C13H29NO. The van der Waals surface area contributed by atoms with Gasteiger partial charge in [0.15, 0.2) is 0 Å². The van der Waals surface area contributed by atoms with Crippen LogP contribution in [0, 0.1) is 5.41 Å². The van der Waals surface area contributed by atoms with Crippen molar-refractivity contribution in [2.24, 2.45) is 5.41 Å². The van der Waals surface area contributed by atoms with E-state index in [-0.39, 0.29) is 5.54 Å². The zero-order chi connectivity index (χ0) is 11.9. The van der Waals surface area contributed by atoms with Crippen LogP contribution in [0.2, 0.25) is 0 Å². The van der Waals surface area contributed by atoms with Crippen molar-refractivity contribution in [1.82, 2.24) is 5.32 Å². The van der Waals surface area contributed by atoms with Crippen LogP contribution in [-0.4, -0.2) is 23.8 Å². The van der Waals surface area contributed by atoms with Crippen LogP contribution in [0.25, 0.3) is 0 Å². The van der Waals surface area contributed by atoms with E-state index in [1.807, 2.05) is 0 Å². The lowest BCUT2D eigenvalue weighted by atomic mass is 9.82. The number of unbranched alkanes of at least 4 members (excludes halogenated alkanes) is 2. The summed E-state index contributed by atoms with van der Waals surface area (Å²) in [6, 6.07) is 0. The Balaban J connectivity index is 3.65. The minimum Gasteiger partial charge on any atom is -0.396 e. The molecule has 0 aromatic carbocycles. The number of aliphatic hydroxyl groups is 1. The lowest BCUT2D eigenvalue weighted by Gasteiger charge is -2.33. The predicted octanol–water partition coefficient (Wildman–Crippen LogP) is 2.95. The minimum atomic E-state index is 0.220. The van der Waals surface area contributed by atoms with E-state index in [0.29, 0.717) is 12.0 Å². The first-order valence-corrected chi connectivity index (χ1v) is 6.13. The molecule has 0 fully saturated rings. The molecule has 0 unspecified atom stereocenters. The molecule has 0 saturated carbocycles. The predicted molar refractivity (Wildman–Crippen MR) is 67.1 cm³/mol. The molecule has 0 heterocycles. The van der Waals surface area contributed by atoms with Crippen molar-refractivity contribution >= 4 is 0 Å². The summed E-state index contributed by atoms with van der Waals surface area (Å²) in [5.41, 5.74) is 0.596. The lowest BCUT2D eigenvalue weighted by Crippen LogP contribution is -2.42. The SMILES string of the molecule is CC(C)(C)CC(C)(C)NCCCCCO. The van der Waals surface area contributed by atoms with Crippen LogP contribution in [0.1, 0.15) is 60.3 Å². The Kier molecular flexibility index (Phi) is 6.46. The highest BCUT2D eigenvalue weighted by molar-refractivity contribution is 4.82. The van der Waals surface area contributed by atoms with E-state index < -0.39 is 0 Å². The van der Waals surface area contributed by atoms with E-state index in [9.17, 15) is 0 Å². The molecule has 0 aliphatic heterocycles. The second-order valence-electron chi connectivity index (χ2n) is 6.33. The molecule has 2 heteroatoms. The van der Waals surface area contributed by atoms with Gasteiger partial charge in [0.2, 0.25) is 0 Å². The summed E-state index contributed by atoms with van der Waals surface area (Å²) < 4.78 is 0. The van der Waals surface area contributed by atoms with Crippen LogP contribution in [0.5, 0.6) is 0 Å². The van der Waals surface area contributed by atoms with Crippen LogP contribution < -0.4 is 5.32 Å². The van der Waals surface area contributed by atoms with Gasteiger partial charge < -0.3 is 10.4 Å². The fraction of sp³-hybridized carbons (Fsp3) is 1.00. The first kappa shape index (κ1) is 14.9. The first-order chi connectivity index (χ1) is 6.77. The number of rotatable bonds is 7. The number of hydrogen-bond donors (Lipinski definition) is 2. The molecule has 0 aromatic heterocycles. The standard InChI is InChI=1S/C13H29NO/c1-12(2,3)11-13(4,5)14-9-7-6-8-10-15/h14-15H,6-11H2,1-5H3. The molecule has 0 radical (unpaired) electrons. The number of nitrogens with one attached hydrogen (secondary N) is 1. The van der Waals surface area contributed by atoms with Crippen LogP contribution in [0.15, 0.2) is 0 Å². The third-order valence-corrected chi connectivity index (χ3v) is 2.41. The van der Waals surface area contributed by atoms with Crippen LogP contribution in [0.4, 0.5) is 0 Å². The van der Waals surface area contributed by atoms with Gasteiger partial charge in [0.05, 0.1) is 0 Å². The maximum atomic E-state index is 8.66. The van der Waals surface area contributed by atoms with Gasteiger partial charge in [-0.15, -0.1) is 0 Å². The molecule has 0 spiro atoms. The van der Waals surface area contributed by atoms with Crippen molar-refractivity contribution in [3.8, 4) is 0 Å². The molecule has 0 aliphatic rings. The average Bonchev–Trinajstić information content (AvgIpc) is 1.99. The quantitative estimate of drug-likeness (QED) is 0.640. The maximum absolute atomic E-state index is 8.66. The van der Waals surface area contributed by atoms with E-state index >= 15 is 0 Å². The molecule has 2 N–H and O–H groups in total. The molecule has 0 aliphatic carbocycles. The topological polar surface area (TPSA) is 32.3 Å². The summed E-state index contributed by atoms with van der Waals surface area (Å²) in [5.74, 6) is 0. The Labute approximate surface area is 95.5 Å². The molecule has 0 amide bonds. The maximum Gasteiger partial charge on any atom is 0.0431 e. The number of hydrogen-bond acceptors (Lipinski definition) is 2. The Morgan fingerprint density at radius 2 is 1.53 bits per heavy atom. The van der Waals surface area contributed by atoms with Crippen molar-refractivity contribution < 1.29 is 5.11 Å². The van der Waals surface area contributed by atoms with Crippen LogP contribution in [0.3, 0.4) is 0 Å². The highest BCUT2D eigenvalue weighted by atomic mass is 16.2. The first-order valence-electron chi connectivity index (χ1n) is 6.13. The lowest BCUT2D eigenvalue weighted by molar-refractivity contribution is 0.239. The van der Waals surface area contributed by atoms with Crippen LogP contribution in [-0.2, 0) is 0 Å². The van der Waals surface area contributed by atoms with Gasteiger partial charge in [-0.2, -0.15) is 0 Å². The third-order valence-electron chi connectivity index (χ3n) is 2.41. The summed E-state index contributed by atoms with van der Waals surface area (Å²) in [5, 5.41) is 12.3. The van der Waals surface area contributed by atoms with Crippen molar-refractivity contribution in [3.63, 3.8) is 0 Å². The summed E-state index contributed by atoms with van der Waals surface area (Å²) in [7, 11) is 0. The third kappa shape index (κ3) is 10.2. The van der Waals surface area contributed by atoms with Crippen molar-refractivity contribution in [2.45, 2.75) is 65.8 Å². The molecule has 0 bridgehead atoms. The zero-order valence-corrected chi connectivity index (χ0v) is 11.2. The van der Waals surface area contributed by atoms with Crippen molar-refractivity contribution in [3.05, 3.63) is 0 Å². The Bertz CT molecular complexity index is 158. The Morgan fingerprint density at radius 1 is 0.933 bits per heavy atom. The van der Waals surface area contributed by atoms with Gasteiger partial charge in [-0.1, -0.05) is 20.8 Å². The minimum absolute atomic E-state index is 0.220. The van der Waals surface area contributed by atoms with Gasteiger partial charge >= 0.3 is 0 Å². The average molecular weight is 215 g/mol. The molecule has 0 atom stereocenters. The highest BCUT2D eigenvalue weighted by Gasteiger charge is 2.24.